The summed E-state index contributed by atoms with van der Waals surface area (Å²) in [4.78, 5) is 12.2. The van der Waals surface area contributed by atoms with Crippen molar-refractivity contribution in [1.82, 2.24) is 0 Å². The summed E-state index contributed by atoms with van der Waals surface area (Å²) >= 11 is 12.6. The van der Waals surface area contributed by atoms with E-state index in [1.165, 1.54) is 6.07 Å². The topological polar surface area (TPSA) is 17.1 Å². The Morgan fingerprint density at radius 2 is 1.95 bits per heavy atom. The van der Waals surface area contributed by atoms with Crippen molar-refractivity contribution < 1.29 is 9.18 Å². The molecule has 0 fully saturated rings. The molecule has 0 saturated carbocycles. The molecule has 0 amide bonds. The fourth-order valence-corrected chi connectivity index (χ4v) is 2.67. The van der Waals surface area contributed by atoms with Crippen LogP contribution >= 0.6 is 43.5 Å². The van der Waals surface area contributed by atoms with Gasteiger partial charge in [-0.05, 0) is 51.8 Å². The second-order valence-corrected chi connectivity index (χ2v) is 6.09. The van der Waals surface area contributed by atoms with E-state index in [1.54, 1.807) is 30.3 Å². The Morgan fingerprint density at radius 1 is 1.21 bits per heavy atom. The Kier molecular flexibility index (Phi) is 4.76. The minimum atomic E-state index is -0.400. The lowest BCUT2D eigenvalue weighted by Crippen LogP contribution is -2.06. The van der Waals surface area contributed by atoms with Gasteiger partial charge in [0.1, 0.15) is 5.82 Å². The normalized spacial score (nSPS) is 10.5. The molecular weight excluding hydrogens is 398 g/mol. The molecule has 0 aliphatic carbocycles. The lowest BCUT2D eigenvalue weighted by Gasteiger charge is -2.06. The first-order valence-electron chi connectivity index (χ1n) is 5.40. The largest absolute Gasteiger partial charge is 0.294 e. The van der Waals surface area contributed by atoms with Crippen LogP contribution in [-0.2, 0) is 6.42 Å². The predicted octanol–water partition coefficient (Wildman–Crippen LogP) is 5.43. The Morgan fingerprint density at radius 3 is 2.68 bits per heavy atom. The fourth-order valence-electron chi connectivity index (χ4n) is 1.67. The number of Topliss-reactive ketones (excluding diaryl/α,β-unsaturated/α-hetero) is 1. The third-order valence-electron chi connectivity index (χ3n) is 2.61. The summed E-state index contributed by atoms with van der Waals surface area (Å²) in [5, 5.41) is 0.350. The molecule has 0 saturated heterocycles. The quantitative estimate of drug-likeness (QED) is 0.621. The van der Waals surface area contributed by atoms with Crippen molar-refractivity contribution in [3.8, 4) is 0 Å². The molecule has 2 aromatic carbocycles. The fraction of sp³-hybridized carbons (Fsp3) is 0.0714. The number of hydrogen-bond donors (Lipinski definition) is 0. The first-order valence-corrected chi connectivity index (χ1v) is 7.36. The molecule has 0 heterocycles. The molecule has 0 radical (unpaired) electrons. The molecular formula is C14H8Br2ClFO. The highest BCUT2D eigenvalue weighted by Crippen LogP contribution is 2.27. The number of carbonyl (C=O) groups is 1. The highest BCUT2D eigenvalue weighted by atomic mass is 79.9. The van der Waals surface area contributed by atoms with Crippen LogP contribution in [0, 0.1) is 5.82 Å². The highest BCUT2D eigenvalue weighted by molar-refractivity contribution is 9.10. The Balaban J connectivity index is 2.31. The van der Waals surface area contributed by atoms with Gasteiger partial charge in [-0.25, -0.2) is 4.39 Å². The molecule has 0 spiro atoms. The SMILES string of the molecule is O=C(Cc1cc(Br)ccc1F)c1cccc(Br)c1Cl. The number of ketones is 1. The van der Waals surface area contributed by atoms with Crippen molar-refractivity contribution in [2.45, 2.75) is 6.42 Å². The molecule has 19 heavy (non-hydrogen) atoms. The Hall–Kier alpha value is -0.710. The van der Waals surface area contributed by atoms with Gasteiger partial charge in [0.05, 0.1) is 5.02 Å². The van der Waals surface area contributed by atoms with Crippen LogP contribution in [-0.4, -0.2) is 5.78 Å². The van der Waals surface area contributed by atoms with E-state index in [-0.39, 0.29) is 12.2 Å². The van der Waals surface area contributed by atoms with Gasteiger partial charge in [-0.2, -0.15) is 0 Å². The zero-order valence-corrected chi connectivity index (χ0v) is 13.5. The van der Waals surface area contributed by atoms with Crippen molar-refractivity contribution in [1.29, 1.82) is 0 Å². The van der Waals surface area contributed by atoms with Crippen molar-refractivity contribution in [2.75, 3.05) is 0 Å². The maximum Gasteiger partial charge on any atom is 0.168 e. The maximum atomic E-state index is 13.6. The van der Waals surface area contributed by atoms with Crippen molar-refractivity contribution >= 4 is 49.2 Å². The molecule has 2 rings (SSSR count). The molecule has 2 aromatic rings. The van der Waals surface area contributed by atoms with Gasteiger partial charge in [-0.3, -0.25) is 4.79 Å². The summed E-state index contributed by atoms with van der Waals surface area (Å²) in [6.07, 6.45) is -0.0263. The van der Waals surface area contributed by atoms with Crippen LogP contribution < -0.4 is 0 Å². The second kappa shape index (κ2) is 6.16. The van der Waals surface area contributed by atoms with E-state index in [0.29, 0.717) is 20.6 Å². The van der Waals surface area contributed by atoms with Crippen LogP contribution in [0.4, 0.5) is 4.39 Å². The van der Waals surface area contributed by atoms with Gasteiger partial charge < -0.3 is 0 Å². The smallest absolute Gasteiger partial charge is 0.168 e. The van der Waals surface area contributed by atoms with Crippen molar-refractivity contribution in [3.05, 3.63) is 67.3 Å². The molecule has 5 heteroatoms. The van der Waals surface area contributed by atoms with Crippen LogP contribution in [0.25, 0.3) is 0 Å². The van der Waals surface area contributed by atoms with Gasteiger partial charge in [0, 0.05) is 20.9 Å². The van der Waals surface area contributed by atoms with Crippen LogP contribution in [0.3, 0.4) is 0 Å². The van der Waals surface area contributed by atoms with Crippen molar-refractivity contribution in [2.24, 2.45) is 0 Å². The minimum Gasteiger partial charge on any atom is -0.294 e. The molecule has 0 bridgehead atoms. The lowest BCUT2D eigenvalue weighted by molar-refractivity contribution is 0.0992. The molecule has 0 aliphatic heterocycles. The Bertz CT molecular complexity index is 643. The Labute approximate surface area is 132 Å². The standard InChI is InChI=1S/C14H8Br2ClFO/c15-9-4-5-12(18)8(6-9)7-13(19)10-2-1-3-11(16)14(10)17/h1-6H,7H2. The van der Waals surface area contributed by atoms with E-state index in [0.717, 1.165) is 4.47 Å². The number of hydrogen-bond acceptors (Lipinski definition) is 1. The predicted molar refractivity (Wildman–Crippen MR) is 81.3 cm³/mol. The summed E-state index contributed by atoms with van der Waals surface area (Å²) in [5.74, 6) is -0.619. The summed E-state index contributed by atoms with van der Waals surface area (Å²) in [6.45, 7) is 0. The average Bonchev–Trinajstić information content (AvgIpc) is 2.37. The highest BCUT2D eigenvalue weighted by Gasteiger charge is 2.15. The summed E-state index contributed by atoms with van der Waals surface area (Å²) < 4.78 is 15.0. The summed E-state index contributed by atoms with van der Waals surface area (Å²) in [5.41, 5.74) is 0.728. The van der Waals surface area contributed by atoms with E-state index in [1.807, 2.05) is 0 Å². The van der Waals surface area contributed by atoms with Gasteiger partial charge in [-0.1, -0.05) is 33.6 Å². The zero-order valence-electron chi connectivity index (χ0n) is 9.59. The molecule has 0 unspecified atom stereocenters. The van der Waals surface area contributed by atoms with Crippen LogP contribution in [0.15, 0.2) is 45.3 Å². The number of rotatable bonds is 3. The van der Waals surface area contributed by atoms with E-state index in [9.17, 15) is 9.18 Å². The summed E-state index contributed by atoms with van der Waals surface area (Å²) in [6, 6.07) is 9.62. The van der Waals surface area contributed by atoms with E-state index in [4.69, 9.17) is 11.6 Å². The second-order valence-electron chi connectivity index (χ2n) is 3.94. The first kappa shape index (κ1) is 14.7. The summed E-state index contributed by atoms with van der Waals surface area (Å²) in [7, 11) is 0. The van der Waals surface area contributed by atoms with Gasteiger partial charge in [0.25, 0.3) is 0 Å². The van der Waals surface area contributed by atoms with Gasteiger partial charge in [-0.15, -0.1) is 0 Å². The van der Waals surface area contributed by atoms with Crippen molar-refractivity contribution in [3.63, 3.8) is 0 Å². The number of benzene rings is 2. The van der Waals surface area contributed by atoms with E-state index < -0.39 is 5.82 Å². The van der Waals surface area contributed by atoms with Crippen LogP contribution in [0.5, 0.6) is 0 Å². The molecule has 0 atom stereocenters. The minimum absolute atomic E-state index is 0.0263. The lowest BCUT2D eigenvalue weighted by atomic mass is 10.0. The van der Waals surface area contributed by atoms with Gasteiger partial charge >= 0.3 is 0 Å². The maximum absolute atomic E-state index is 13.6. The van der Waals surface area contributed by atoms with E-state index >= 15 is 0 Å². The molecule has 0 aromatic heterocycles. The van der Waals surface area contributed by atoms with Crippen LogP contribution in [0.1, 0.15) is 15.9 Å². The molecule has 98 valence electrons. The third-order valence-corrected chi connectivity index (χ3v) is 4.40. The number of carbonyl (C=O) groups excluding carboxylic acids is 1. The van der Waals surface area contributed by atoms with E-state index in [2.05, 4.69) is 31.9 Å². The van der Waals surface area contributed by atoms with Gasteiger partial charge in [0.2, 0.25) is 0 Å². The average molecular weight is 406 g/mol. The third kappa shape index (κ3) is 3.44. The number of halogens is 4. The first-order chi connectivity index (χ1) is 8.99. The monoisotopic (exact) mass is 404 g/mol. The van der Waals surface area contributed by atoms with Crippen LogP contribution in [0.2, 0.25) is 5.02 Å². The molecule has 0 N–H and O–H groups in total. The molecule has 1 nitrogen and oxygen atoms in total. The molecule has 0 aliphatic rings. The zero-order chi connectivity index (χ0) is 14.0. The van der Waals surface area contributed by atoms with Gasteiger partial charge in [0.15, 0.2) is 5.78 Å².